The zero-order valence-corrected chi connectivity index (χ0v) is 28.7. The third-order valence-electron chi connectivity index (χ3n) is 11.6. The Labute approximate surface area is 305 Å². The number of hydrogen-bond donors (Lipinski definition) is 0. The Morgan fingerprint density at radius 2 is 0.792 bits per heavy atom. The molecule has 244 valence electrons. The van der Waals surface area contributed by atoms with E-state index in [9.17, 15) is 0 Å². The molecule has 0 radical (unpaired) electrons. The van der Waals surface area contributed by atoms with Gasteiger partial charge in [0.1, 0.15) is 11.2 Å². The molecule has 4 heterocycles. The summed E-state index contributed by atoms with van der Waals surface area (Å²) in [5.74, 6) is 0. The van der Waals surface area contributed by atoms with Crippen LogP contribution < -0.4 is 33.2 Å². The van der Waals surface area contributed by atoms with Gasteiger partial charge in [-0.1, -0.05) is 150 Å². The molecule has 12 rings (SSSR count). The van der Waals surface area contributed by atoms with Crippen LogP contribution in [0.15, 0.2) is 185 Å². The van der Waals surface area contributed by atoms with Gasteiger partial charge >= 0.3 is 0 Å². The van der Waals surface area contributed by atoms with Crippen LogP contribution in [0.5, 0.6) is 0 Å². The van der Waals surface area contributed by atoms with E-state index in [0.29, 0.717) is 0 Å². The van der Waals surface area contributed by atoms with Crippen LogP contribution in [-0.4, -0.2) is 18.0 Å². The molecule has 8 aromatic carbocycles. The summed E-state index contributed by atoms with van der Waals surface area (Å²) < 4.78 is 16.7. The third-order valence-corrected chi connectivity index (χ3v) is 11.6. The molecule has 3 nitrogen and oxygen atoms in total. The topological polar surface area (TPSA) is 31.2 Å². The maximum atomic E-state index is 7.18. The van der Waals surface area contributed by atoms with E-state index in [2.05, 4.69) is 180 Å². The van der Waals surface area contributed by atoms with Crippen molar-refractivity contribution in [3.63, 3.8) is 0 Å². The summed E-state index contributed by atoms with van der Waals surface area (Å²) in [7, 11) is 0. The SMILES string of the molecule is c1ccc(B2c3oc4ccc5ccccc5c4c3B(c3ccc(-n4c5ccccc5c5ccccc54)cc3)c3oc4ccc5ccccc5c4c32)cc1. The van der Waals surface area contributed by atoms with Gasteiger partial charge in [0.05, 0.1) is 22.4 Å². The molecule has 53 heavy (non-hydrogen) atoms. The van der Waals surface area contributed by atoms with Crippen molar-refractivity contribution in [2.45, 2.75) is 0 Å². The fourth-order valence-corrected chi connectivity index (χ4v) is 9.38. The van der Waals surface area contributed by atoms with Gasteiger partial charge in [0, 0.05) is 27.2 Å². The summed E-state index contributed by atoms with van der Waals surface area (Å²) in [6.45, 7) is -0.335. The third kappa shape index (κ3) is 4.02. The quantitative estimate of drug-likeness (QED) is 0.179. The minimum atomic E-state index is -0.189. The second-order valence-electron chi connectivity index (χ2n) is 14.3. The summed E-state index contributed by atoms with van der Waals surface area (Å²) in [6, 6.07) is 63.3. The minimum Gasteiger partial charge on any atom is -0.471 e. The fraction of sp³-hybridized carbons (Fsp3) is 0. The summed E-state index contributed by atoms with van der Waals surface area (Å²) >= 11 is 0. The van der Waals surface area contributed by atoms with Gasteiger partial charge in [0.2, 0.25) is 0 Å². The first-order valence-electron chi connectivity index (χ1n) is 18.3. The average Bonchev–Trinajstić information content (AvgIpc) is 3.91. The Morgan fingerprint density at radius 1 is 0.358 bits per heavy atom. The molecule has 0 saturated carbocycles. The van der Waals surface area contributed by atoms with Gasteiger partial charge in [-0.05, 0) is 68.9 Å². The number of fused-ring (bicyclic) bond motifs is 13. The number of aromatic nitrogens is 1. The molecule has 0 unspecified atom stereocenters. The second-order valence-corrected chi connectivity index (χ2v) is 14.3. The van der Waals surface area contributed by atoms with Crippen LogP contribution in [-0.2, 0) is 0 Å². The van der Waals surface area contributed by atoms with Crippen LogP contribution in [0.3, 0.4) is 0 Å². The molecule has 11 aromatic rings. The largest absolute Gasteiger partial charge is 0.471 e. The highest BCUT2D eigenvalue weighted by atomic mass is 16.3. The molecule has 0 N–H and O–H groups in total. The zero-order chi connectivity index (χ0) is 34.6. The van der Waals surface area contributed by atoms with E-state index in [1.165, 1.54) is 65.2 Å². The van der Waals surface area contributed by atoms with E-state index in [-0.39, 0.29) is 13.4 Å². The lowest BCUT2D eigenvalue weighted by Gasteiger charge is -2.25. The molecule has 3 aromatic heterocycles. The lowest BCUT2D eigenvalue weighted by Crippen LogP contribution is -2.73. The van der Waals surface area contributed by atoms with E-state index in [1.807, 2.05) is 0 Å². The molecule has 1 aliphatic rings. The Kier molecular flexibility index (Phi) is 5.95. The van der Waals surface area contributed by atoms with E-state index in [1.54, 1.807) is 0 Å². The molecular formula is C48H29B2NO2. The van der Waals surface area contributed by atoms with Gasteiger partial charge in [0.15, 0.2) is 0 Å². The lowest BCUT2D eigenvalue weighted by atomic mass is 9.23. The first kappa shape index (κ1) is 28.9. The predicted molar refractivity (Wildman–Crippen MR) is 224 cm³/mol. The number of furan rings is 2. The molecule has 0 bridgehead atoms. The van der Waals surface area contributed by atoms with Crippen LogP contribution in [0, 0.1) is 0 Å². The molecule has 1 aliphatic heterocycles. The summed E-state index contributed by atoms with van der Waals surface area (Å²) in [4.78, 5) is 0. The van der Waals surface area contributed by atoms with Crippen molar-refractivity contribution >= 4 is 112 Å². The number of rotatable bonds is 3. The molecule has 0 atom stereocenters. The van der Waals surface area contributed by atoms with Gasteiger partial charge in [0.25, 0.3) is 13.4 Å². The normalized spacial score (nSPS) is 12.8. The van der Waals surface area contributed by atoms with Gasteiger partial charge < -0.3 is 13.4 Å². The molecule has 0 amide bonds. The molecular weight excluding hydrogens is 644 g/mol. The minimum absolute atomic E-state index is 0.146. The summed E-state index contributed by atoms with van der Waals surface area (Å²) in [5, 5.41) is 9.62. The number of para-hydroxylation sites is 2. The van der Waals surface area contributed by atoms with Crippen molar-refractivity contribution in [3.05, 3.63) is 176 Å². The van der Waals surface area contributed by atoms with Crippen molar-refractivity contribution in [3.8, 4) is 5.69 Å². The molecule has 0 fully saturated rings. The van der Waals surface area contributed by atoms with Crippen LogP contribution >= 0.6 is 0 Å². The number of nitrogens with zero attached hydrogens (tertiary/aromatic N) is 1. The smallest absolute Gasteiger partial charge is 0.290 e. The number of hydrogen-bond acceptors (Lipinski definition) is 2. The van der Waals surface area contributed by atoms with E-state index < -0.39 is 0 Å². The molecule has 0 saturated heterocycles. The highest BCUT2D eigenvalue weighted by Gasteiger charge is 2.47. The fourth-order valence-electron chi connectivity index (χ4n) is 9.38. The Bertz CT molecular complexity index is 3190. The van der Waals surface area contributed by atoms with Crippen molar-refractivity contribution in [1.29, 1.82) is 0 Å². The maximum Gasteiger partial charge on any atom is 0.290 e. The Morgan fingerprint density at radius 3 is 1.32 bits per heavy atom. The Balaban J connectivity index is 1.17. The highest BCUT2D eigenvalue weighted by molar-refractivity contribution is 7.12. The standard InChI is InChI=1S/C48H29B2NO2/c1-2-14-32(15-3-1)49-45-43-35-16-6-4-12-30(35)22-28-41(43)53-48(45)50(46-44-36-17-7-5-13-31(36)23-29-42(44)52-47(46)49)33-24-26-34(27-25-33)51-39-20-10-8-18-37(39)38-19-9-11-21-40(38)51/h1-29H. The van der Waals surface area contributed by atoms with Crippen LogP contribution in [0.4, 0.5) is 0 Å². The first-order chi connectivity index (χ1) is 26.3. The van der Waals surface area contributed by atoms with E-state index in [0.717, 1.165) is 38.9 Å². The van der Waals surface area contributed by atoms with Crippen molar-refractivity contribution in [1.82, 2.24) is 4.57 Å². The maximum absolute atomic E-state index is 7.18. The second kappa shape index (κ2) is 10.9. The average molecular weight is 673 g/mol. The van der Waals surface area contributed by atoms with Crippen LogP contribution in [0.2, 0.25) is 0 Å². The molecule has 0 spiro atoms. The predicted octanol–water partition coefficient (Wildman–Crippen LogP) is 7.93. The molecule has 5 heteroatoms. The van der Waals surface area contributed by atoms with E-state index in [4.69, 9.17) is 8.83 Å². The van der Waals surface area contributed by atoms with Crippen molar-refractivity contribution in [2.75, 3.05) is 0 Å². The monoisotopic (exact) mass is 673 g/mol. The Hall–Kier alpha value is -6.71. The molecule has 0 aliphatic carbocycles. The van der Waals surface area contributed by atoms with Gasteiger partial charge in [-0.15, -0.1) is 0 Å². The lowest BCUT2D eigenvalue weighted by molar-refractivity contribution is 0.647. The number of benzene rings is 8. The van der Waals surface area contributed by atoms with Gasteiger partial charge in [-0.3, -0.25) is 0 Å². The van der Waals surface area contributed by atoms with Crippen LogP contribution in [0.1, 0.15) is 0 Å². The van der Waals surface area contributed by atoms with Crippen LogP contribution in [0.25, 0.3) is 71.0 Å². The van der Waals surface area contributed by atoms with Gasteiger partial charge in [-0.2, -0.15) is 0 Å². The first-order valence-corrected chi connectivity index (χ1v) is 18.3. The summed E-state index contributed by atoms with van der Waals surface area (Å²) in [6.07, 6.45) is 0. The van der Waals surface area contributed by atoms with Gasteiger partial charge in [-0.25, -0.2) is 0 Å². The van der Waals surface area contributed by atoms with Crippen molar-refractivity contribution < 1.29 is 8.83 Å². The van der Waals surface area contributed by atoms with E-state index >= 15 is 0 Å². The zero-order valence-electron chi connectivity index (χ0n) is 28.7. The highest BCUT2D eigenvalue weighted by Crippen LogP contribution is 2.33. The van der Waals surface area contributed by atoms with Crippen molar-refractivity contribution in [2.24, 2.45) is 0 Å². The summed E-state index contributed by atoms with van der Waals surface area (Å²) in [5.41, 5.74) is 12.0.